The van der Waals surface area contributed by atoms with Gasteiger partial charge < -0.3 is 19.5 Å². The molecule has 1 amide bonds. The van der Waals surface area contributed by atoms with E-state index in [1.165, 1.54) is 12.1 Å². The largest absolute Gasteiger partial charge is 0.504 e. The molecule has 0 radical (unpaired) electrons. The summed E-state index contributed by atoms with van der Waals surface area (Å²) in [5.74, 6) is -2.31. The molecular formula is C23H25N3O5. The molecule has 0 bridgehead atoms. The molecule has 2 heterocycles. The fourth-order valence-corrected chi connectivity index (χ4v) is 4.10. The molecule has 0 saturated heterocycles. The third-order valence-electron chi connectivity index (χ3n) is 5.56. The minimum atomic E-state index is -1.15. The van der Waals surface area contributed by atoms with Gasteiger partial charge in [-0.15, -0.1) is 0 Å². The summed E-state index contributed by atoms with van der Waals surface area (Å²) < 4.78 is 7.14. The highest BCUT2D eigenvalue weighted by Gasteiger charge is 2.47. The summed E-state index contributed by atoms with van der Waals surface area (Å²) in [4.78, 5) is 32.9. The number of hydrogen-bond donors (Lipinski definition) is 2. The number of hydrogen-bond acceptors (Lipinski definition) is 6. The number of phenols is 2. The van der Waals surface area contributed by atoms with Gasteiger partial charge in [0.25, 0.3) is 0 Å². The van der Waals surface area contributed by atoms with Crippen LogP contribution in [0.3, 0.4) is 0 Å². The van der Waals surface area contributed by atoms with Gasteiger partial charge in [0.2, 0.25) is 11.9 Å². The van der Waals surface area contributed by atoms with Crippen molar-refractivity contribution in [2.24, 2.45) is 5.92 Å². The molecule has 0 aliphatic carbocycles. The van der Waals surface area contributed by atoms with Crippen molar-refractivity contribution in [3.05, 3.63) is 48.0 Å². The summed E-state index contributed by atoms with van der Waals surface area (Å²) in [6, 6.07) is 11.0. The third-order valence-corrected chi connectivity index (χ3v) is 5.56. The van der Waals surface area contributed by atoms with Crippen LogP contribution in [-0.2, 0) is 14.3 Å². The first-order valence-electron chi connectivity index (χ1n) is 10.4. The van der Waals surface area contributed by atoms with Gasteiger partial charge in [-0.25, -0.2) is 4.98 Å². The van der Waals surface area contributed by atoms with E-state index >= 15 is 0 Å². The van der Waals surface area contributed by atoms with Crippen LogP contribution in [-0.4, -0.2) is 44.8 Å². The Bertz CT molecular complexity index is 1140. The number of ether oxygens (including phenoxy) is 1. The molecule has 8 nitrogen and oxygen atoms in total. The first-order chi connectivity index (χ1) is 15.0. The minimum Gasteiger partial charge on any atom is -0.504 e. The monoisotopic (exact) mass is 423 g/mol. The lowest BCUT2D eigenvalue weighted by molar-refractivity contribution is -0.153. The van der Waals surface area contributed by atoms with E-state index in [-0.39, 0.29) is 24.0 Å². The van der Waals surface area contributed by atoms with E-state index < -0.39 is 17.9 Å². The maximum absolute atomic E-state index is 13.6. The molecule has 0 spiro atoms. The number of esters is 1. The number of benzene rings is 2. The fraction of sp³-hybridized carbons (Fsp3) is 0.348. The van der Waals surface area contributed by atoms with Crippen LogP contribution in [0, 0.1) is 5.92 Å². The number of aromatic hydroxyl groups is 2. The van der Waals surface area contributed by atoms with E-state index in [1.807, 2.05) is 35.8 Å². The molecule has 2 atom stereocenters. The summed E-state index contributed by atoms with van der Waals surface area (Å²) >= 11 is 0. The second kappa shape index (κ2) is 8.29. The Morgan fingerprint density at radius 2 is 1.90 bits per heavy atom. The van der Waals surface area contributed by atoms with E-state index in [0.29, 0.717) is 23.6 Å². The average Bonchev–Trinajstić information content (AvgIpc) is 3.13. The van der Waals surface area contributed by atoms with Gasteiger partial charge in [-0.3, -0.25) is 14.5 Å². The molecule has 2 aromatic carbocycles. The number of carbonyl (C=O) groups is 2. The fourth-order valence-electron chi connectivity index (χ4n) is 4.10. The zero-order valence-corrected chi connectivity index (χ0v) is 17.5. The molecule has 0 fully saturated rings. The van der Waals surface area contributed by atoms with Crippen molar-refractivity contribution >= 4 is 28.9 Å². The van der Waals surface area contributed by atoms with Crippen molar-refractivity contribution in [2.45, 2.75) is 32.7 Å². The number of imidazole rings is 1. The predicted molar refractivity (Wildman–Crippen MR) is 115 cm³/mol. The topological polar surface area (TPSA) is 105 Å². The Labute approximate surface area is 179 Å². The van der Waals surface area contributed by atoms with Crippen molar-refractivity contribution in [3.63, 3.8) is 0 Å². The first kappa shape index (κ1) is 20.7. The van der Waals surface area contributed by atoms with Crippen LogP contribution < -0.4 is 4.90 Å². The van der Waals surface area contributed by atoms with Gasteiger partial charge in [-0.1, -0.05) is 31.5 Å². The van der Waals surface area contributed by atoms with Gasteiger partial charge in [0.05, 0.1) is 23.7 Å². The number of nitrogens with zero attached hydrogens (tertiary/aromatic N) is 3. The number of anilines is 1. The maximum atomic E-state index is 13.6. The van der Waals surface area contributed by atoms with Crippen LogP contribution in [0.2, 0.25) is 0 Å². The molecule has 1 aliphatic rings. The zero-order valence-electron chi connectivity index (χ0n) is 17.5. The Hall–Kier alpha value is -3.55. The summed E-state index contributed by atoms with van der Waals surface area (Å²) in [5, 5.41) is 19.9. The average molecular weight is 423 g/mol. The summed E-state index contributed by atoms with van der Waals surface area (Å²) in [6.07, 6.45) is 1.64. The lowest BCUT2D eigenvalue weighted by Crippen LogP contribution is -2.50. The van der Waals surface area contributed by atoms with Crippen molar-refractivity contribution in [2.75, 3.05) is 18.1 Å². The van der Waals surface area contributed by atoms with Crippen molar-refractivity contribution in [1.29, 1.82) is 0 Å². The summed E-state index contributed by atoms with van der Waals surface area (Å²) in [7, 11) is 0. The Morgan fingerprint density at radius 3 is 2.61 bits per heavy atom. The van der Waals surface area contributed by atoms with Crippen LogP contribution in [0.5, 0.6) is 11.5 Å². The molecule has 2 N–H and O–H groups in total. The Morgan fingerprint density at radius 1 is 1.13 bits per heavy atom. The quantitative estimate of drug-likeness (QED) is 0.358. The smallest absolute Gasteiger partial charge is 0.321 e. The van der Waals surface area contributed by atoms with Gasteiger partial charge >= 0.3 is 5.97 Å². The second-order valence-corrected chi connectivity index (χ2v) is 7.54. The first-order valence-corrected chi connectivity index (χ1v) is 10.4. The zero-order chi connectivity index (χ0) is 22.1. The number of phenolic OH excluding ortho intramolecular Hbond substituents is 2. The normalized spacial score (nSPS) is 18.3. The molecule has 1 aliphatic heterocycles. The SMILES string of the molecule is CCCCN1C(=O)[C@@H](C(=O)OCC)[C@@H](c2ccc(O)c(O)c2)n2c1nc1ccccc12. The molecule has 1 aromatic heterocycles. The van der Waals surface area contributed by atoms with E-state index in [2.05, 4.69) is 0 Å². The van der Waals surface area contributed by atoms with Gasteiger partial charge in [-0.2, -0.15) is 0 Å². The van der Waals surface area contributed by atoms with Crippen molar-refractivity contribution < 1.29 is 24.5 Å². The lowest BCUT2D eigenvalue weighted by atomic mass is 9.89. The molecule has 8 heteroatoms. The Balaban J connectivity index is 1.99. The molecule has 31 heavy (non-hydrogen) atoms. The number of rotatable bonds is 6. The second-order valence-electron chi connectivity index (χ2n) is 7.54. The van der Waals surface area contributed by atoms with E-state index in [9.17, 15) is 19.8 Å². The molecule has 162 valence electrons. The van der Waals surface area contributed by atoms with Gasteiger partial charge in [-0.05, 0) is 43.2 Å². The highest BCUT2D eigenvalue weighted by molar-refractivity contribution is 6.08. The lowest BCUT2D eigenvalue weighted by Gasteiger charge is -2.38. The highest BCUT2D eigenvalue weighted by Crippen LogP contribution is 2.42. The molecule has 0 saturated carbocycles. The number of aromatic nitrogens is 2. The molecule has 4 rings (SSSR count). The van der Waals surface area contributed by atoms with E-state index in [1.54, 1.807) is 17.9 Å². The maximum Gasteiger partial charge on any atom is 0.321 e. The van der Waals surface area contributed by atoms with Gasteiger partial charge in [0, 0.05) is 6.54 Å². The van der Waals surface area contributed by atoms with Gasteiger partial charge in [0.1, 0.15) is 0 Å². The summed E-state index contributed by atoms with van der Waals surface area (Å²) in [5.41, 5.74) is 1.96. The van der Waals surface area contributed by atoms with Crippen LogP contribution in [0.15, 0.2) is 42.5 Å². The van der Waals surface area contributed by atoms with Crippen LogP contribution in [0.25, 0.3) is 11.0 Å². The van der Waals surface area contributed by atoms with Crippen molar-refractivity contribution in [1.82, 2.24) is 9.55 Å². The van der Waals surface area contributed by atoms with Crippen LogP contribution in [0.1, 0.15) is 38.3 Å². The minimum absolute atomic E-state index is 0.142. The van der Waals surface area contributed by atoms with Crippen LogP contribution in [0.4, 0.5) is 5.95 Å². The number of para-hydroxylation sites is 2. The standard InChI is InChI=1S/C23H25N3O5/c1-3-5-12-25-21(29)19(22(30)31-4-2)20(14-10-11-17(27)18(28)13-14)26-16-9-7-6-8-15(16)24-23(25)26/h6-11,13,19-20,27-28H,3-5,12H2,1-2H3/t19-,20+/m0/s1. The number of carbonyl (C=O) groups excluding carboxylic acids is 2. The van der Waals surface area contributed by atoms with E-state index in [0.717, 1.165) is 18.4 Å². The van der Waals surface area contributed by atoms with Crippen LogP contribution >= 0.6 is 0 Å². The third kappa shape index (κ3) is 3.48. The molecule has 0 unspecified atom stereocenters. The highest BCUT2D eigenvalue weighted by atomic mass is 16.5. The molecular weight excluding hydrogens is 398 g/mol. The number of amides is 1. The van der Waals surface area contributed by atoms with Crippen molar-refractivity contribution in [3.8, 4) is 11.5 Å². The predicted octanol–water partition coefficient (Wildman–Crippen LogP) is 3.36. The molecule has 3 aromatic rings. The summed E-state index contributed by atoms with van der Waals surface area (Å²) in [6.45, 7) is 4.30. The number of unbranched alkanes of at least 4 members (excludes halogenated alkanes) is 1. The number of fused-ring (bicyclic) bond motifs is 3. The Kier molecular flexibility index (Phi) is 5.54. The van der Waals surface area contributed by atoms with Gasteiger partial charge in [0.15, 0.2) is 17.4 Å². The van der Waals surface area contributed by atoms with E-state index in [4.69, 9.17) is 9.72 Å².